The Hall–Kier alpha value is -2.12. The van der Waals surface area contributed by atoms with Gasteiger partial charge in [0.1, 0.15) is 0 Å². The quantitative estimate of drug-likeness (QED) is 0.692. The van der Waals surface area contributed by atoms with E-state index >= 15 is 0 Å². The van der Waals surface area contributed by atoms with E-state index < -0.39 is 9.84 Å². The normalized spacial score (nSPS) is 18.7. The number of sulfone groups is 1. The average molecular weight is 402 g/mol. The molecule has 2 aromatic heterocycles. The van der Waals surface area contributed by atoms with Crippen LogP contribution in [0.5, 0.6) is 0 Å². The molecule has 1 saturated heterocycles. The number of benzene rings is 1. The van der Waals surface area contributed by atoms with E-state index in [9.17, 15) is 8.42 Å². The van der Waals surface area contributed by atoms with Crippen molar-refractivity contribution in [1.82, 2.24) is 9.55 Å². The number of anilines is 2. The van der Waals surface area contributed by atoms with Crippen LogP contribution in [-0.2, 0) is 9.84 Å². The van der Waals surface area contributed by atoms with Crippen LogP contribution in [0.4, 0.5) is 10.8 Å². The van der Waals surface area contributed by atoms with Crippen molar-refractivity contribution in [3.8, 4) is 11.3 Å². The van der Waals surface area contributed by atoms with Crippen LogP contribution in [0.1, 0.15) is 29.4 Å². The molecular formula is C20H23N3O2S2. The maximum absolute atomic E-state index is 11.9. The van der Waals surface area contributed by atoms with Crippen molar-refractivity contribution < 1.29 is 8.42 Å². The van der Waals surface area contributed by atoms with Gasteiger partial charge < -0.3 is 9.88 Å². The highest BCUT2D eigenvalue weighted by Gasteiger charge is 2.31. The van der Waals surface area contributed by atoms with Crippen molar-refractivity contribution in [2.45, 2.75) is 33.2 Å². The van der Waals surface area contributed by atoms with Gasteiger partial charge in [-0.25, -0.2) is 13.4 Å². The van der Waals surface area contributed by atoms with Crippen LogP contribution >= 0.6 is 11.3 Å². The summed E-state index contributed by atoms with van der Waals surface area (Å²) < 4.78 is 25.9. The zero-order valence-electron chi connectivity index (χ0n) is 15.7. The third kappa shape index (κ3) is 3.66. The monoisotopic (exact) mass is 401 g/mol. The molecule has 5 nitrogen and oxygen atoms in total. The summed E-state index contributed by atoms with van der Waals surface area (Å²) in [5.41, 5.74) is 6.41. The lowest BCUT2D eigenvalue weighted by atomic mass is 10.2. The number of hydrogen-bond acceptors (Lipinski definition) is 5. The summed E-state index contributed by atoms with van der Waals surface area (Å²) in [7, 11) is -2.91. The molecule has 0 aliphatic carbocycles. The standard InChI is InChI=1S/C20H23N3O2S2/c1-13-4-6-16(7-5-13)21-20-22-19(11-26-20)18-10-14(2)23(15(18)3)17-8-9-27(24,25)12-17/h4-7,10-11,17H,8-9,12H2,1-3H3,(H,21,22)/t17-/m1/s1. The van der Waals surface area contributed by atoms with Crippen LogP contribution in [0, 0.1) is 20.8 Å². The third-order valence-electron chi connectivity index (χ3n) is 5.14. The molecule has 1 aliphatic rings. The number of nitrogens with one attached hydrogen (secondary N) is 1. The smallest absolute Gasteiger partial charge is 0.187 e. The second-order valence-corrected chi connectivity index (χ2v) is 10.3. The molecule has 1 N–H and O–H groups in total. The lowest BCUT2D eigenvalue weighted by Crippen LogP contribution is -2.13. The number of rotatable bonds is 4. The predicted molar refractivity (Wildman–Crippen MR) is 112 cm³/mol. The lowest BCUT2D eigenvalue weighted by Gasteiger charge is -2.16. The zero-order chi connectivity index (χ0) is 19.2. The maximum atomic E-state index is 11.9. The van der Waals surface area contributed by atoms with Crippen LogP contribution in [0.15, 0.2) is 35.7 Å². The van der Waals surface area contributed by atoms with Crippen molar-refractivity contribution >= 4 is 32.0 Å². The summed E-state index contributed by atoms with van der Waals surface area (Å²) in [6, 6.07) is 10.4. The minimum Gasteiger partial charge on any atom is -0.344 e. The van der Waals surface area contributed by atoms with Crippen LogP contribution < -0.4 is 5.32 Å². The molecule has 27 heavy (non-hydrogen) atoms. The Labute approximate surface area is 164 Å². The topological polar surface area (TPSA) is 64.0 Å². The van der Waals surface area contributed by atoms with Crippen LogP contribution in [0.2, 0.25) is 0 Å². The molecule has 0 bridgehead atoms. The number of thiazole rings is 1. The van der Waals surface area contributed by atoms with Crippen LogP contribution in [-0.4, -0.2) is 29.5 Å². The van der Waals surface area contributed by atoms with Gasteiger partial charge in [-0.05, 0) is 45.4 Å². The fourth-order valence-electron chi connectivity index (χ4n) is 3.79. The molecule has 1 fully saturated rings. The highest BCUT2D eigenvalue weighted by Crippen LogP contribution is 2.35. The van der Waals surface area contributed by atoms with Gasteiger partial charge in [0.2, 0.25) is 0 Å². The number of nitrogens with zero attached hydrogens (tertiary/aromatic N) is 2. The van der Waals surface area contributed by atoms with Crippen molar-refractivity contribution in [2.24, 2.45) is 0 Å². The molecule has 142 valence electrons. The molecule has 3 aromatic rings. The van der Waals surface area contributed by atoms with E-state index in [4.69, 9.17) is 4.98 Å². The van der Waals surface area contributed by atoms with E-state index in [-0.39, 0.29) is 17.5 Å². The Morgan fingerprint density at radius 1 is 1.19 bits per heavy atom. The van der Waals surface area contributed by atoms with Gasteiger partial charge in [-0.3, -0.25) is 0 Å². The molecule has 7 heteroatoms. The maximum Gasteiger partial charge on any atom is 0.187 e. The first-order valence-corrected chi connectivity index (χ1v) is 11.7. The Balaban J connectivity index is 1.60. The van der Waals surface area contributed by atoms with Gasteiger partial charge >= 0.3 is 0 Å². The Morgan fingerprint density at radius 2 is 1.93 bits per heavy atom. The minimum absolute atomic E-state index is 0.0348. The van der Waals surface area contributed by atoms with Crippen molar-refractivity contribution in [1.29, 1.82) is 0 Å². The first-order chi connectivity index (χ1) is 12.8. The van der Waals surface area contributed by atoms with Crippen LogP contribution in [0.25, 0.3) is 11.3 Å². The number of hydrogen-bond donors (Lipinski definition) is 1. The lowest BCUT2D eigenvalue weighted by molar-refractivity contribution is 0.536. The molecular weight excluding hydrogens is 378 g/mol. The zero-order valence-corrected chi connectivity index (χ0v) is 17.3. The first-order valence-electron chi connectivity index (χ1n) is 9.01. The third-order valence-corrected chi connectivity index (χ3v) is 7.65. The van der Waals surface area contributed by atoms with Crippen molar-refractivity contribution in [3.05, 3.63) is 52.7 Å². The predicted octanol–water partition coefficient (Wildman–Crippen LogP) is 4.64. The molecule has 1 aliphatic heterocycles. The second-order valence-electron chi connectivity index (χ2n) is 7.24. The molecule has 0 amide bonds. The van der Waals surface area contributed by atoms with Crippen molar-refractivity contribution in [3.63, 3.8) is 0 Å². The van der Waals surface area contributed by atoms with E-state index in [1.165, 1.54) is 5.56 Å². The van der Waals surface area contributed by atoms with Gasteiger partial charge in [0.15, 0.2) is 15.0 Å². The Bertz CT molecular complexity index is 1080. The molecule has 0 radical (unpaired) electrons. The fraction of sp³-hybridized carbons (Fsp3) is 0.350. The highest BCUT2D eigenvalue weighted by atomic mass is 32.2. The van der Waals surface area contributed by atoms with E-state index in [0.717, 1.165) is 33.5 Å². The van der Waals surface area contributed by atoms with Gasteiger partial charge in [-0.1, -0.05) is 17.7 Å². The summed E-state index contributed by atoms with van der Waals surface area (Å²) in [5, 5.41) is 6.25. The molecule has 1 aromatic carbocycles. The second kappa shape index (κ2) is 6.80. The Morgan fingerprint density at radius 3 is 2.59 bits per heavy atom. The fourth-order valence-corrected chi connectivity index (χ4v) is 6.22. The first kappa shape index (κ1) is 18.3. The summed E-state index contributed by atoms with van der Waals surface area (Å²) in [6.45, 7) is 6.16. The Kier molecular flexibility index (Phi) is 4.60. The van der Waals surface area contributed by atoms with E-state index in [2.05, 4.69) is 41.9 Å². The van der Waals surface area contributed by atoms with Gasteiger partial charge in [0.25, 0.3) is 0 Å². The van der Waals surface area contributed by atoms with E-state index in [0.29, 0.717) is 6.42 Å². The van der Waals surface area contributed by atoms with E-state index in [1.54, 1.807) is 11.3 Å². The largest absolute Gasteiger partial charge is 0.344 e. The average Bonchev–Trinajstić information content (AvgIpc) is 3.28. The molecule has 3 heterocycles. The van der Waals surface area contributed by atoms with Crippen molar-refractivity contribution in [2.75, 3.05) is 16.8 Å². The van der Waals surface area contributed by atoms with Gasteiger partial charge in [-0.2, -0.15) is 0 Å². The van der Waals surface area contributed by atoms with Gasteiger partial charge in [-0.15, -0.1) is 11.3 Å². The number of aromatic nitrogens is 2. The summed E-state index contributed by atoms with van der Waals surface area (Å²) in [5.74, 6) is 0.519. The summed E-state index contributed by atoms with van der Waals surface area (Å²) >= 11 is 1.57. The van der Waals surface area contributed by atoms with Crippen LogP contribution in [0.3, 0.4) is 0 Å². The number of aryl methyl sites for hydroxylation is 2. The molecule has 0 saturated carbocycles. The summed E-state index contributed by atoms with van der Waals surface area (Å²) in [4.78, 5) is 4.74. The highest BCUT2D eigenvalue weighted by molar-refractivity contribution is 7.91. The SMILES string of the molecule is Cc1ccc(Nc2nc(-c3cc(C)n([C@@H]4CCS(=O)(=O)C4)c3C)cs2)cc1. The summed E-state index contributed by atoms with van der Waals surface area (Å²) in [6.07, 6.45) is 0.690. The molecule has 0 unspecified atom stereocenters. The molecule has 1 atom stereocenters. The van der Waals surface area contributed by atoms with Gasteiger partial charge in [0, 0.05) is 34.1 Å². The van der Waals surface area contributed by atoms with Gasteiger partial charge in [0.05, 0.1) is 17.2 Å². The minimum atomic E-state index is -2.91. The molecule has 4 rings (SSSR count). The molecule has 0 spiro atoms. The van der Waals surface area contributed by atoms with E-state index in [1.807, 2.05) is 24.4 Å².